The molecule has 0 aromatic heterocycles. The van der Waals surface area contributed by atoms with Crippen molar-refractivity contribution in [2.75, 3.05) is 19.8 Å². The highest BCUT2D eigenvalue weighted by Gasteiger charge is 2.09. The molecule has 0 saturated carbocycles. The average molecular weight is 283 g/mol. The molecule has 0 atom stereocenters. The van der Waals surface area contributed by atoms with Crippen LogP contribution in [0, 0.1) is 11.7 Å². The van der Waals surface area contributed by atoms with Gasteiger partial charge in [0, 0.05) is 12.1 Å². The van der Waals surface area contributed by atoms with Crippen LogP contribution in [0.4, 0.5) is 4.39 Å². The monoisotopic (exact) mass is 283 g/mol. The van der Waals surface area contributed by atoms with Crippen molar-refractivity contribution in [2.24, 2.45) is 5.92 Å². The third kappa shape index (κ3) is 6.02. The molecule has 0 aliphatic heterocycles. The molecule has 0 fully saturated rings. The van der Waals surface area contributed by atoms with Crippen molar-refractivity contribution in [1.29, 1.82) is 0 Å². The zero-order valence-electron chi connectivity index (χ0n) is 12.2. The summed E-state index contributed by atoms with van der Waals surface area (Å²) < 4.78 is 23.4. The summed E-state index contributed by atoms with van der Waals surface area (Å²) in [6.45, 7) is 7.39. The van der Waals surface area contributed by atoms with Crippen LogP contribution in [0.5, 0.6) is 5.75 Å². The predicted octanol–water partition coefficient (Wildman–Crippen LogP) is 2.51. The van der Waals surface area contributed by atoms with Gasteiger partial charge in [-0.05, 0) is 37.6 Å². The number of carbonyl (C=O) groups excluding carboxylic acids is 1. The smallest absolute Gasteiger partial charge is 0.344 e. The van der Waals surface area contributed by atoms with Crippen LogP contribution in [0.25, 0.3) is 0 Å². The van der Waals surface area contributed by atoms with E-state index in [4.69, 9.17) is 9.47 Å². The summed E-state index contributed by atoms with van der Waals surface area (Å²) in [7, 11) is 0. The van der Waals surface area contributed by atoms with Gasteiger partial charge in [-0.2, -0.15) is 0 Å². The number of esters is 1. The van der Waals surface area contributed by atoms with E-state index in [0.717, 1.165) is 6.54 Å². The molecule has 0 unspecified atom stereocenters. The molecule has 0 amide bonds. The molecule has 5 heteroatoms. The van der Waals surface area contributed by atoms with Gasteiger partial charge in [0.15, 0.2) is 6.61 Å². The molecule has 1 aromatic carbocycles. The molecule has 4 nitrogen and oxygen atoms in total. The van der Waals surface area contributed by atoms with Gasteiger partial charge in [0.1, 0.15) is 11.6 Å². The fourth-order valence-corrected chi connectivity index (χ4v) is 1.66. The van der Waals surface area contributed by atoms with Crippen LogP contribution in [-0.2, 0) is 16.1 Å². The summed E-state index contributed by atoms with van der Waals surface area (Å²) >= 11 is 0. The van der Waals surface area contributed by atoms with E-state index in [9.17, 15) is 9.18 Å². The van der Waals surface area contributed by atoms with Crippen molar-refractivity contribution in [1.82, 2.24) is 5.32 Å². The lowest BCUT2D eigenvalue weighted by atomic mass is 10.1. The molecule has 0 bridgehead atoms. The van der Waals surface area contributed by atoms with Crippen LogP contribution in [-0.4, -0.2) is 25.7 Å². The summed E-state index contributed by atoms with van der Waals surface area (Å²) in [5, 5.41) is 3.22. The SMILES string of the molecule is CCOC(=O)COc1ccc(F)cc1CNCC(C)C. The maximum atomic E-state index is 13.3. The highest BCUT2D eigenvalue weighted by molar-refractivity contribution is 5.71. The number of nitrogens with one attached hydrogen (secondary N) is 1. The summed E-state index contributed by atoms with van der Waals surface area (Å²) in [6, 6.07) is 4.25. The molecule has 20 heavy (non-hydrogen) atoms. The fourth-order valence-electron chi connectivity index (χ4n) is 1.66. The van der Waals surface area contributed by atoms with E-state index in [1.165, 1.54) is 18.2 Å². The lowest BCUT2D eigenvalue weighted by molar-refractivity contribution is -0.145. The first-order chi connectivity index (χ1) is 9.52. The topological polar surface area (TPSA) is 47.6 Å². The average Bonchev–Trinajstić information content (AvgIpc) is 2.37. The van der Waals surface area contributed by atoms with E-state index in [-0.39, 0.29) is 12.4 Å². The van der Waals surface area contributed by atoms with Gasteiger partial charge < -0.3 is 14.8 Å². The van der Waals surface area contributed by atoms with Gasteiger partial charge in [-0.15, -0.1) is 0 Å². The van der Waals surface area contributed by atoms with Crippen LogP contribution in [0.15, 0.2) is 18.2 Å². The highest BCUT2D eigenvalue weighted by atomic mass is 19.1. The summed E-state index contributed by atoms with van der Waals surface area (Å²) in [5.74, 6) is 0.246. The van der Waals surface area contributed by atoms with Crippen molar-refractivity contribution in [3.8, 4) is 5.75 Å². The second-order valence-electron chi connectivity index (χ2n) is 4.87. The first-order valence-electron chi connectivity index (χ1n) is 6.80. The Morgan fingerprint density at radius 1 is 1.40 bits per heavy atom. The molecule has 0 radical (unpaired) electrons. The lowest BCUT2D eigenvalue weighted by Gasteiger charge is -2.13. The number of ether oxygens (including phenoxy) is 2. The van der Waals surface area contributed by atoms with E-state index in [1.54, 1.807) is 6.92 Å². The van der Waals surface area contributed by atoms with Gasteiger partial charge in [-0.3, -0.25) is 0 Å². The normalized spacial score (nSPS) is 10.7. The van der Waals surface area contributed by atoms with E-state index in [0.29, 0.717) is 30.4 Å². The van der Waals surface area contributed by atoms with E-state index in [1.807, 2.05) is 0 Å². The molecule has 112 valence electrons. The number of benzene rings is 1. The second kappa shape index (κ2) is 8.53. The third-order valence-electron chi connectivity index (χ3n) is 2.54. The lowest BCUT2D eigenvalue weighted by Crippen LogP contribution is -2.20. The van der Waals surface area contributed by atoms with Gasteiger partial charge in [0.2, 0.25) is 0 Å². The molecule has 0 aliphatic rings. The van der Waals surface area contributed by atoms with Crippen molar-refractivity contribution < 1.29 is 18.7 Å². The van der Waals surface area contributed by atoms with Crippen molar-refractivity contribution in [3.05, 3.63) is 29.6 Å². The number of hydrogen-bond acceptors (Lipinski definition) is 4. The van der Waals surface area contributed by atoms with E-state index >= 15 is 0 Å². The Hall–Kier alpha value is -1.62. The first-order valence-corrected chi connectivity index (χ1v) is 6.80. The maximum Gasteiger partial charge on any atom is 0.344 e. The Balaban J connectivity index is 2.62. The molecule has 1 N–H and O–H groups in total. The molecule has 0 spiro atoms. The Morgan fingerprint density at radius 2 is 2.15 bits per heavy atom. The zero-order chi connectivity index (χ0) is 15.0. The van der Waals surface area contributed by atoms with Crippen LogP contribution in [0.1, 0.15) is 26.3 Å². The quantitative estimate of drug-likeness (QED) is 0.745. The predicted molar refractivity (Wildman–Crippen MR) is 75.1 cm³/mol. The van der Waals surface area contributed by atoms with Crippen LogP contribution >= 0.6 is 0 Å². The number of hydrogen-bond donors (Lipinski definition) is 1. The minimum absolute atomic E-state index is 0.170. The number of rotatable bonds is 8. The Morgan fingerprint density at radius 3 is 2.80 bits per heavy atom. The standard InChI is InChI=1S/C15H22FNO3/c1-4-19-15(18)10-20-14-6-5-13(16)7-12(14)9-17-8-11(2)3/h5-7,11,17H,4,8-10H2,1-3H3. The molecule has 0 aliphatic carbocycles. The second-order valence-corrected chi connectivity index (χ2v) is 4.87. The maximum absolute atomic E-state index is 13.3. The van der Waals surface area contributed by atoms with E-state index < -0.39 is 5.97 Å². The first kappa shape index (κ1) is 16.4. The number of carbonyl (C=O) groups is 1. The van der Waals surface area contributed by atoms with Crippen molar-refractivity contribution in [2.45, 2.75) is 27.3 Å². The Bertz CT molecular complexity index is 435. The van der Waals surface area contributed by atoms with Crippen LogP contribution in [0.2, 0.25) is 0 Å². The summed E-state index contributed by atoms with van der Waals surface area (Å²) in [6.07, 6.45) is 0. The van der Waals surface area contributed by atoms with Crippen LogP contribution < -0.4 is 10.1 Å². The fraction of sp³-hybridized carbons (Fsp3) is 0.533. The van der Waals surface area contributed by atoms with Crippen molar-refractivity contribution >= 4 is 5.97 Å². The minimum atomic E-state index is -0.432. The summed E-state index contributed by atoms with van der Waals surface area (Å²) in [4.78, 5) is 11.3. The molecular formula is C15H22FNO3. The van der Waals surface area contributed by atoms with E-state index in [2.05, 4.69) is 19.2 Å². The molecular weight excluding hydrogens is 261 g/mol. The number of halogens is 1. The van der Waals surface area contributed by atoms with Crippen molar-refractivity contribution in [3.63, 3.8) is 0 Å². The Labute approximate surface area is 119 Å². The molecule has 0 saturated heterocycles. The third-order valence-corrected chi connectivity index (χ3v) is 2.54. The van der Waals surface area contributed by atoms with Gasteiger partial charge in [-0.25, -0.2) is 9.18 Å². The van der Waals surface area contributed by atoms with Gasteiger partial charge in [-0.1, -0.05) is 13.8 Å². The zero-order valence-corrected chi connectivity index (χ0v) is 12.2. The van der Waals surface area contributed by atoms with Gasteiger partial charge in [0.05, 0.1) is 6.61 Å². The molecule has 1 rings (SSSR count). The molecule has 1 aromatic rings. The highest BCUT2D eigenvalue weighted by Crippen LogP contribution is 2.19. The Kier molecular flexibility index (Phi) is 7.01. The van der Waals surface area contributed by atoms with Gasteiger partial charge >= 0.3 is 5.97 Å². The van der Waals surface area contributed by atoms with Crippen LogP contribution in [0.3, 0.4) is 0 Å². The summed E-state index contributed by atoms with van der Waals surface area (Å²) in [5.41, 5.74) is 0.690. The minimum Gasteiger partial charge on any atom is -0.482 e. The van der Waals surface area contributed by atoms with Gasteiger partial charge in [0.25, 0.3) is 0 Å². The molecule has 0 heterocycles. The largest absolute Gasteiger partial charge is 0.482 e.